The van der Waals surface area contributed by atoms with Crippen molar-refractivity contribution in [2.24, 2.45) is 0 Å². The summed E-state index contributed by atoms with van der Waals surface area (Å²) in [5.74, 6) is 0. The molecule has 0 aromatic heterocycles. The van der Waals surface area contributed by atoms with E-state index in [0.29, 0.717) is 0 Å². The summed E-state index contributed by atoms with van der Waals surface area (Å²) in [5.41, 5.74) is 15.4. The van der Waals surface area contributed by atoms with Crippen molar-refractivity contribution in [1.29, 1.82) is 0 Å². The second-order valence-corrected chi connectivity index (χ2v) is 14.0. The largest absolute Gasteiger partial charge is 0.0620 e. The summed E-state index contributed by atoms with van der Waals surface area (Å²) in [7, 11) is 0. The molecule has 0 amide bonds. The molecule has 50 heavy (non-hydrogen) atoms. The van der Waals surface area contributed by atoms with Crippen LogP contribution < -0.4 is 0 Å². The standard InChI is InChI=1S/C50H38/c1-31-13-5-9-17-43(31)47-27-39-23-35-21-37-25-41-29-49(45-19-11-7-15-33(45)3)50(46-20-12-8-16-34(46)4)30-42(41)26-38(37)22-36(35)24-40(39)28-48(47)44-18-10-6-14-32(44)2/h5-30H,1-4H3. The monoisotopic (exact) mass is 638 g/mol. The fourth-order valence-electron chi connectivity index (χ4n) is 8.00. The van der Waals surface area contributed by atoms with E-state index in [2.05, 4.69) is 185 Å². The Bertz CT molecular complexity index is 2410. The van der Waals surface area contributed by atoms with E-state index < -0.39 is 0 Å². The Labute approximate surface area is 294 Å². The number of hydrogen-bond donors (Lipinski definition) is 0. The lowest BCUT2D eigenvalue weighted by molar-refractivity contribution is 1.44. The fraction of sp³-hybridized carbons (Fsp3) is 0.0800. The highest BCUT2D eigenvalue weighted by Crippen LogP contribution is 2.42. The first-order chi connectivity index (χ1) is 24.4. The maximum absolute atomic E-state index is 2.41. The van der Waals surface area contributed by atoms with Crippen molar-refractivity contribution in [3.05, 3.63) is 180 Å². The van der Waals surface area contributed by atoms with Gasteiger partial charge in [0.2, 0.25) is 0 Å². The molecular formula is C50H38. The minimum absolute atomic E-state index is 1.26. The average molecular weight is 639 g/mol. The Morgan fingerprint density at radius 1 is 0.200 bits per heavy atom. The van der Waals surface area contributed by atoms with Gasteiger partial charge >= 0.3 is 0 Å². The van der Waals surface area contributed by atoms with Crippen molar-refractivity contribution in [3.63, 3.8) is 0 Å². The van der Waals surface area contributed by atoms with Crippen molar-refractivity contribution in [3.8, 4) is 44.5 Å². The lowest BCUT2D eigenvalue weighted by atomic mass is 9.86. The summed E-state index contributed by atoms with van der Waals surface area (Å²) >= 11 is 0. The molecule has 0 heteroatoms. The zero-order valence-corrected chi connectivity index (χ0v) is 29.0. The van der Waals surface area contributed by atoms with Crippen LogP contribution in [0.4, 0.5) is 0 Å². The van der Waals surface area contributed by atoms with E-state index in [1.807, 2.05) is 0 Å². The average Bonchev–Trinajstić information content (AvgIpc) is 3.12. The summed E-state index contributed by atoms with van der Waals surface area (Å²) in [6.45, 7) is 8.86. The molecule has 0 bridgehead atoms. The summed E-state index contributed by atoms with van der Waals surface area (Å²) < 4.78 is 0. The molecule has 0 fully saturated rings. The number of benzene rings is 9. The van der Waals surface area contributed by atoms with Crippen LogP contribution in [0.25, 0.3) is 87.6 Å². The van der Waals surface area contributed by atoms with Crippen LogP contribution in [-0.4, -0.2) is 0 Å². The Kier molecular flexibility index (Phi) is 7.14. The maximum Gasteiger partial charge on any atom is -0.00963 e. The Morgan fingerprint density at radius 2 is 0.380 bits per heavy atom. The molecule has 0 heterocycles. The van der Waals surface area contributed by atoms with Gasteiger partial charge in [-0.05, 0) is 198 Å². The predicted octanol–water partition coefficient (Wildman–Crippen LogP) is 14.2. The van der Waals surface area contributed by atoms with Gasteiger partial charge in [-0.2, -0.15) is 0 Å². The third-order valence-electron chi connectivity index (χ3n) is 10.7. The van der Waals surface area contributed by atoms with E-state index >= 15 is 0 Å². The second kappa shape index (κ2) is 11.9. The van der Waals surface area contributed by atoms with E-state index in [-0.39, 0.29) is 0 Å². The first kappa shape index (κ1) is 30.1. The molecule has 0 aliphatic rings. The van der Waals surface area contributed by atoms with E-state index in [9.17, 15) is 0 Å². The van der Waals surface area contributed by atoms with E-state index in [1.54, 1.807) is 0 Å². The lowest BCUT2D eigenvalue weighted by Crippen LogP contribution is -1.92. The second-order valence-electron chi connectivity index (χ2n) is 14.0. The van der Waals surface area contributed by atoms with E-state index in [1.165, 1.54) is 110 Å². The topological polar surface area (TPSA) is 0 Å². The molecule has 0 nitrogen and oxygen atoms in total. The molecular weight excluding hydrogens is 601 g/mol. The Morgan fingerprint density at radius 3 is 0.580 bits per heavy atom. The highest BCUT2D eigenvalue weighted by atomic mass is 14.2. The molecule has 0 saturated heterocycles. The SMILES string of the molecule is Cc1ccccc1-c1cc2cc3cc4cc5cc(-c6ccccc6C)c(-c6ccccc6C)cc5cc4cc3cc2cc1-c1ccccc1C. The number of fused-ring (bicyclic) bond motifs is 4. The molecule has 0 unspecified atom stereocenters. The van der Waals surface area contributed by atoms with Gasteiger partial charge in [0, 0.05) is 0 Å². The smallest absolute Gasteiger partial charge is 0.00963 e. The number of aryl methyl sites for hydroxylation is 4. The van der Waals surface area contributed by atoms with Crippen LogP contribution in [0.15, 0.2) is 158 Å². The fourth-order valence-corrected chi connectivity index (χ4v) is 8.00. The molecule has 0 spiro atoms. The van der Waals surface area contributed by atoms with Gasteiger partial charge in [-0.25, -0.2) is 0 Å². The van der Waals surface area contributed by atoms with Crippen LogP contribution in [0.3, 0.4) is 0 Å². The minimum atomic E-state index is 1.26. The summed E-state index contributed by atoms with van der Waals surface area (Å²) in [6, 6.07) is 59.0. The van der Waals surface area contributed by atoms with Crippen LogP contribution in [0.2, 0.25) is 0 Å². The van der Waals surface area contributed by atoms with Gasteiger partial charge < -0.3 is 0 Å². The van der Waals surface area contributed by atoms with Crippen molar-refractivity contribution in [2.45, 2.75) is 27.7 Å². The lowest BCUT2D eigenvalue weighted by Gasteiger charge is -2.17. The molecule has 9 aromatic rings. The van der Waals surface area contributed by atoms with Crippen molar-refractivity contribution >= 4 is 43.1 Å². The Balaban J connectivity index is 1.28. The molecule has 238 valence electrons. The summed E-state index contributed by atoms with van der Waals surface area (Å²) in [4.78, 5) is 0. The van der Waals surface area contributed by atoms with Crippen LogP contribution in [0, 0.1) is 27.7 Å². The quantitative estimate of drug-likeness (QED) is 0.168. The predicted molar refractivity (Wildman–Crippen MR) is 217 cm³/mol. The van der Waals surface area contributed by atoms with Crippen molar-refractivity contribution in [2.75, 3.05) is 0 Å². The normalized spacial score (nSPS) is 11.6. The van der Waals surface area contributed by atoms with Gasteiger partial charge in [-0.3, -0.25) is 0 Å². The summed E-state index contributed by atoms with van der Waals surface area (Å²) in [6.07, 6.45) is 0. The van der Waals surface area contributed by atoms with Crippen LogP contribution in [0.1, 0.15) is 22.3 Å². The van der Waals surface area contributed by atoms with Crippen molar-refractivity contribution in [1.82, 2.24) is 0 Å². The van der Waals surface area contributed by atoms with E-state index in [4.69, 9.17) is 0 Å². The van der Waals surface area contributed by atoms with Crippen LogP contribution >= 0.6 is 0 Å². The first-order valence-electron chi connectivity index (χ1n) is 17.6. The van der Waals surface area contributed by atoms with Crippen LogP contribution in [0.5, 0.6) is 0 Å². The molecule has 0 atom stereocenters. The molecule has 0 saturated carbocycles. The van der Waals surface area contributed by atoms with Gasteiger partial charge in [0.15, 0.2) is 0 Å². The number of rotatable bonds is 4. The molecule has 0 aliphatic heterocycles. The van der Waals surface area contributed by atoms with Gasteiger partial charge in [-0.15, -0.1) is 0 Å². The van der Waals surface area contributed by atoms with Gasteiger partial charge in [-0.1, -0.05) is 97.1 Å². The van der Waals surface area contributed by atoms with Gasteiger partial charge in [0.05, 0.1) is 0 Å². The molecule has 9 rings (SSSR count). The molecule has 0 N–H and O–H groups in total. The third-order valence-corrected chi connectivity index (χ3v) is 10.7. The van der Waals surface area contributed by atoms with Crippen LogP contribution in [-0.2, 0) is 0 Å². The third kappa shape index (κ3) is 5.08. The van der Waals surface area contributed by atoms with Gasteiger partial charge in [0.1, 0.15) is 0 Å². The molecule has 0 aliphatic carbocycles. The maximum atomic E-state index is 2.41. The molecule has 0 radical (unpaired) electrons. The van der Waals surface area contributed by atoms with Crippen molar-refractivity contribution < 1.29 is 0 Å². The minimum Gasteiger partial charge on any atom is -0.0620 e. The molecule has 9 aromatic carbocycles. The van der Waals surface area contributed by atoms with E-state index in [0.717, 1.165) is 0 Å². The Hall–Kier alpha value is -5.98. The zero-order valence-electron chi connectivity index (χ0n) is 29.0. The zero-order chi connectivity index (χ0) is 33.9. The first-order valence-corrected chi connectivity index (χ1v) is 17.6. The summed E-state index contributed by atoms with van der Waals surface area (Å²) in [5, 5.41) is 10.1. The highest BCUT2D eigenvalue weighted by molar-refractivity contribution is 6.11. The van der Waals surface area contributed by atoms with Gasteiger partial charge in [0.25, 0.3) is 0 Å². The highest BCUT2D eigenvalue weighted by Gasteiger charge is 2.16. The number of hydrogen-bond acceptors (Lipinski definition) is 0.